The molecule has 1 aromatic carbocycles. The van der Waals surface area contributed by atoms with E-state index in [9.17, 15) is 5.11 Å². The molecule has 4 rings (SSSR count). The summed E-state index contributed by atoms with van der Waals surface area (Å²) in [6.45, 7) is 6.27. The van der Waals surface area contributed by atoms with Crippen molar-refractivity contribution >= 4 is 0 Å². The minimum atomic E-state index is 0.316. The quantitative estimate of drug-likeness (QED) is 0.905. The van der Waals surface area contributed by atoms with Crippen molar-refractivity contribution in [3.8, 4) is 5.75 Å². The zero-order chi connectivity index (χ0) is 15.2. The van der Waals surface area contributed by atoms with Crippen LogP contribution in [0.2, 0.25) is 0 Å². The second kappa shape index (κ2) is 5.56. The molecule has 2 saturated carbocycles. The minimum absolute atomic E-state index is 0.316. The largest absolute Gasteiger partial charge is 0.508 e. The lowest BCUT2D eigenvalue weighted by Crippen LogP contribution is -2.52. The van der Waals surface area contributed by atoms with E-state index in [-0.39, 0.29) is 0 Å². The van der Waals surface area contributed by atoms with Gasteiger partial charge in [0.15, 0.2) is 0 Å². The number of likely N-dealkylation sites (tertiary alicyclic amines) is 1. The number of piperidine rings is 1. The van der Waals surface area contributed by atoms with E-state index in [1.165, 1.54) is 63.7 Å². The number of fused-ring (bicyclic) bond motifs is 1. The Bertz CT molecular complexity index is 538. The molecule has 3 fully saturated rings. The minimum Gasteiger partial charge on any atom is -0.508 e. The van der Waals surface area contributed by atoms with Gasteiger partial charge in [-0.25, -0.2) is 0 Å². The Hall–Kier alpha value is -1.02. The van der Waals surface area contributed by atoms with Gasteiger partial charge < -0.3 is 10.0 Å². The van der Waals surface area contributed by atoms with Gasteiger partial charge in [-0.1, -0.05) is 25.5 Å². The Morgan fingerprint density at radius 1 is 1.23 bits per heavy atom. The Morgan fingerprint density at radius 3 is 2.86 bits per heavy atom. The zero-order valence-corrected chi connectivity index (χ0v) is 13.8. The van der Waals surface area contributed by atoms with Gasteiger partial charge in [-0.05, 0) is 74.1 Å². The smallest absolute Gasteiger partial charge is 0.115 e. The van der Waals surface area contributed by atoms with Crippen molar-refractivity contribution in [3.63, 3.8) is 0 Å². The summed E-state index contributed by atoms with van der Waals surface area (Å²) in [7, 11) is 0. The highest BCUT2D eigenvalue weighted by atomic mass is 16.3. The monoisotopic (exact) mass is 299 g/mol. The molecular weight excluding hydrogens is 270 g/mol. The number of phenolic OH excluding ortho intramolecular Hbond substituents is 1. The van der Waals surface area contributed by atoms with E-state index in [1.54, 1.807) is 0 Å². The van der Waals surface area contributed by atoms with Gasteiger partial charge in [-0.15, -0.1) is 0 Å². The summed E-state index contributed by atoms with van der Waals surface area (Å²) in [5.74, 6) is 3.02. The molecule has 1 N–H and O–H groups in total. The van der Waals surface area contributed by atoms with Crippen LogP contribution in [0, 0.1) is 17.8 Å². The molecule has 0 spiro atoms. The topological polar surface area (TPSA) is 23.5 Å². The SMILES string of the molecule is CC1CC[C@@H]2CN(CC3CC3)CC[C@@]2(c2cccc(O)c2)C1. The van der Waals surface area contributed by atoms with Crippen LogP contribution in [0.15, 0.2) is 24.3 Å². The molecule has 2 heteroatoms. The van der Waals surface area contributed by atoms with Gasteiger partial charge in [-0.2, -0.15) is 0 Å². The number of benzene rings is 1. The molecule has 120 valence electrons. The van der Waals surface area contributed by atoms with Crippen LogP contribution in [0.1, 0.15) is 51.0 Å². The summed E-state index contributed by atoms with van der Waals surface area (Å²) in [4.78, 5) is 2.74. The Labute approximate surface area is 134 Å². The van der Waals surface area contributed by atoms with Gasteiger partial charge in [0.1, 0.15) is 5.75 Å². The number of hydrogen-bond acceptors (Lipinski definition) is 2. The van der Waals surface area contributed by atoms with Gasteiger partial charge in [0.25, 0.3) is 0 Å². The molecule has 0 amide bonds. The van der Waals surface area contributed by atoms with Crippen LogP contribution in [0.4, 0.5) is 0 Å². The van der Waals surface area contributed by atoms with Crippen molar-refractivity contribution in [2.24, 2.45) is 17.8 Å². The average molecular weight is 299 g/mol. The lowest BCUT2D eigenvalue weighted by molar-refractivity contribution is 0.0364. The highest BCUT2D eigenvalue weighted by molar-refractivity contribution is 5.35. The first kappa shape index (κ1) is 14.6. The predicted molar refractivity (Wildman–Crippen MR) is 90.1 cm³/mol. The van der Waals surface area contributed by atoms with Crippen molar-refractivity contribution in [3.05, 3.63) is 29.8 Å². The first-order valence-electron chi connectivity index (χ1n) is 9.17. The Morgan fingerprint density at radius 2 is 2.09 bits per heavy atom. The maximum atomic E-state index is 9.97. The molecule has 3 atom stereocenters. The van der Waals surface area contributed by atoms with E-state index in [4.69, 9.17) is 0 Å². The Kier molecular flexibility index (Phi) is 3.68. The molecule has 2 nitrogen and oxygen atoms in total. The summed E-state index contributed by atoms with van der Waals surface area (Å²) in [6.07, 6.45) is 8.23. The third-order valence-corrected chi connectivity index (χ3v) is 6.49. The van der Waals surface area contributed by atoms with E-state index >= 15 is 0 Å². The molecule has 0 bridgehead atoms. The third kappa shape index (κ3) is 2.67. The fraction of sp³-hybridized carbons (Fsp3) is 0.700. The summed E-state index contributed by atoms with van der Waals surface area (Å²) in [5, 5.41) is 9.97. The van der Waals surface area contributed by atoms with E-state index in [1.807, 2.05) is 18.2 Å². The summed E-state index contributed by atoms with van der Waals surface area (Å²) >= 11 is 0. The van der Waals surface area contributed by atoms with Crippen molar-refractivity contribution in [1.82, 2.24) is 4.90 Å². The van der Waals surface area contributed by atoms with Crippen LogP contribution in [0.5, 0.6) is 5.75 Å². The second-order valence-corrected chi connectivity index (χ2v) is 8.24. The van der Waals surface area contributed by atoms with Crippen LogP contribution >= 0.6 is 0 Å². The Balaban J connectivity index is 1.61. The highest BCUT2D eigenvalue weighted by Crippen LogP contribution is 2.51. The third-order valence-electron chi connectivity index (χ3n) is 6.49. The zero-order valence-electron chi connectivity index (χ0n) is 13.8. The lowest BCUT2D eigenvalue weighted by atomic mass is 9.57. The summed E-state index contributed by atoms with van der Waals surface area (Å²) < 4.78 is 0. The maximum absolute atomic E-state index is 9.97. The number of hydrogen-bond donors (Lipinski definition) is 1. The predicted octanol–water partition coefficient (Wildman–Crippen LogP) is 4.18. The molecule has 1 heterocycles. The number of phenols is 1. The fourth-order valence-electron chi connectivity index (χ4n) is 5.13. The molecule has 1 unspecified atom stereocenters. The van der Waals surface area contributed by atoms with E-state index < -0.39 is 0 Å². The molecule has 1 saturated heterocycles. The fourth-order valence-corrected chi connectivity index (χ4v) is 5.13. The molecule has 2 aliphatic carbocycles. The van der Waals surface area contributed by atoms with E-state index in [2.05, 4.69) is 17.9 Å². The highest BCUT2D eigenvalue weighted by Gasteiger charge is 2.47. The van der Waals surface area contributed by atoms with Gasteiger partial charge in [0, 0.05) is 18.5 Å². The molecule has 22 heavy (non-hydrogen) atoms. The average Bonchev–Trinajstić information content (AvgIpc) is 3.31. The maximum Gasteiger partial charge on any atom is 0.115 e. The molecule has 0 radical (unpaired) electrons. The first-order valence-corrected chi connectivity index (χ1v) is 9.17. The van der Waals surface area contributed by atoms with Crippen molar-refractivity contribution in [2.45, 2.75) is 50.9 Å². The van der Waals surface area contributed by atoms with Crippen LogP contribution < -0.4 is 0 Å². The van der Waals surface area contributed by atoms with Crippen molar-refractivity contribution < 1.29 is 5.11 Å². The molecular formula is C20H29NO. The molecule has 0 aromatic heterocycles. The van der Waals surface area contributed by atoms with E-state index in [0.717, 1.165) is 17.8 Å². The molecule has 3 aliphatic rings. The normalized spacial score (nSPS) is 36.0. The van der Waals surface area contributed by atoms with E-state index in [0.29, 0.717) is 11.2 Å². The first-order chi connectivity index (χ1) is 10.7. The van der Waals surface area contributed by atoms with Gasteiger partial charge in [-0.3, -0.25) is 0 Å². The summed E-state index contributed by atoms with van der Waals surface area (Å²) in [5.41, 5.74) is 1.71. The van der Waals surface area contributed by atoms with Gasteiger partial charge >= 0.3 is 0 Å². The van der Waals surface area contributed by atoms with Gasteiger partial charge in [0.2, 0.25) is 0 Å². The van der Waals surface area contributed by atoms with Crippen LogP contribution in [0.3, 0.4) is 0 Å². The molecule has 1 aromatic rings. The van der Waals surface area contributed by atoms with Crippen LogP contribution in [-0.4, -0.2) is 29.6 Å². The van der Waals surface area contributed by atoms with Crippen molar-refractivity contribution in [2.75, 3.05) is 19.6 Å². The van der Waals surface area contributed by atoms with Crippen LogP contribution in [0.25, 0.3) is 0 Å². The number of aromatic hydroxyl groups is 1. The van der Waals surface area contributed by atoms with Crippen molar-refractivity contribution in [1.29, 1.82) is 0 Å². The van der Waals surface area contributed by atoms with Gasteiger partial charge in [0.05, 0.1) is 0 Å². The summed E-state index contributed by atoms with van der Waals surface area (Å²) in [6, 6.07) is 8.15. The van der Waals surface area contributed by atoms with Crippen LogP contribution in [-0.2, 0) is 5.41 Å². The number of rotatable bonds is 3. The molecule has 1 aliphatic heterocycles. The standard InChI is InChI=1S/C20H29NO/c1-15-5-8-18-14-21(13-16-6-7-16)10-9-20(18,12-15)17-3-2-4-19(22)11-17/h2-4,11,15-16,18,22H,5-10,12-14H2,1H3/t15?,18-,20+/m1/s1. The lowest BCUT2D eigenvalue weighted by Gasteiger charge is -2.53. The number of nitrogens with zero attached hydrogens (tertiary/aromatic N) is 1. The second-order valence-electron chi connectivity index (χ2n) is 8.24.